The first-order valence-electron chi connectivity index (χ1n) is 7.85. The lowest BCUT2D eigenvalue weighted by molar-refractivity contribution is -0.151. The van der Waals surface area contributed by atoms with Gasteiger partial charge in [-0.2, -0.15) is 0 Å². The largest absolute Gasteiger partial charge is 0.342 e. The molecule has 1 saturated carbocycles. The molecule has 4 nitrogen and oxygen atoms in total. The zero-order valence-electron chi connectivity index (χ0n) is 12.2. The predicted molar refractivity (Wildman–Crippen MR) is 74.9 cm³/mol. The Bertz CT molecular complexity index is 352. The molecule has 2 atom stereocenters. The highest BCUT2D eigenvalue weighted by molar-refractivity contribution is 5.97. The topological polar surface area (TPSA) is 49.4 Å². The summed E-state index contributed by atoms with van der Waals surface area (Å²) in [5.41, 5.74) is 0. The van der Waals surface area contributed by atoms with Gasteiger partial charge in [0.1, 0.15) is 18.8 Å². The molecule has 20 heavy (non-hydrogen) atoms. The Kier molecular flexibility index (Phi) is 5.38. The molecule has 1 saturated heterocycles. The molecular weight excluding hydrogens is 259 g/mol. The van der Waals surface area contributed by atoms with E-state index in [9.17, 15) is 14.0 Å². The Morgan fingerprint density at radius 1 is 1.25 bits per heavy atom. The van der Waals surface area contributed by atoms with Crippen molar-refractivity contribution in [3.63, 3.8) is 0 Å². The molecule has 1 heterocycles. The highest BCUT2D eigenvalue weighted by atomic mass is 19.1. The molecule has 1 aliphatic heterocycles. The van der Waals surface area contributed by atoms with Crippen LogP contribution in [0.4, 0.5) is 4.39 Å². The van der Waals surface area contributed by atoms with E-state index in [2.05, 4.69) is 5.32 Å². The van der Waals surface area contributed by atoms with Gasteiger partial charge < -0.3 is 10.2 Å². The van der Waals surface area contributed by atoms with Crippen LogP contribution >= 0.6 is 0 Å². The average Bonchev–Trinajstić information content (AvgIpc) is 2.47. The van der Waals surface area contributed by atoms with E-state index in [0.29, 0.717) is 6.42 Å². The second kappa shape index (κ2) is 7.04. The molecule has 5 heteroatoms. The maximum atomic E-state index is 12.7. The number of carbonyl (C=O) groups is 2. The fourth-order valence-electron chi connectivity index (χ4n) is 3.49. The summed E-state index contributed by atoms with van der Waals surface area (Å²) in [4.78, 5) is 26.3. The number of carbonyl (C=O) groups excluding carboxylic acids is 2. The molecule has 0 aromatic heterocycles. The summed E-state index contributed by atoms with van der Waals surface area (Å²) >= 11 is 0. The quantitative estimate of drug-likeness (QED) is 0.840. The number of piperazine rings is 1. The average molecular weight is 284 g/mol. The number of halogens is 1. The third kappa shape index (κ3) is 3.13. The van der Waals surface area contributed by atoms with Gasteiger partial charge in [-0.15, -0.1) is 0 Å². The van der Waals surface area contributed by atoms with Crippen LogP contribution in [0.5, 0.6) is 0 Å². The van der Waals surface area contributed by atoms with Gasteiger partial charge in [0, 0.05) is 6.54 Å². The zero-order valence-corrected chi connectivity index (χ0v) is 12.2. The van der Waals surface area contributed by atoms with Crippen LogP contribution in [0.2, 0.25) is 0 Å². The van der Waals surface area contributed by atoms with Crippen LogP contribution in [0.15, 0.2) is 0 Å². The number of amides is 2. The van der Waals surface area contributed by atoms with E-state index in [0.717, 1.165) is 32.1 Å². The third-order valence-corrected chi connectivity index (χ3v) is 4.53. The van der Waals surface area contributed by atoms with E-state index >= 15 is 0 Å². The van der Waals surface area contributed by atoms with Crippen molar-refractivity contribution in [1.82, 2.24) is 10.2 Å². The number of hydrogen-bond donors (Lipinski definition) is 1. The molecular formula is C15H25FN2O2. The Balaban J connectivity index is 2.12. The molecule has 0 aromatic carbocycles. The summed E-state index contributed by atoms with van der Waals surface area (Å²) in [7, 11) is 0. The second-order valence-corrected chi connectivity index (χ2v) is 5.91. The number of nitrogens with zero attached hydrogens (tertiary/aromatic N) is 1. The Morgan fingerprint density at radius 3 is 2.55 bits per heavy atom. The lowest BCUT2D eigenvalue weighted by Gasteiger charge is -2.42. The molecule has 114 valence electrons. The summed E-state index contributed by atoms with van der Waals surface area (Å²) in [6, 6.07) is -0.912. The lowest BCUT2D eigenvalue weighted by atomic mass is 9.82. The van der Waals surface area contributed by atoms with Gasteiger partial charge in [0.2, 0.25) is 11.8 Å². The van der Waals surface area contributed by atoms with Crippen LogP contribution < -0.4 is 5.32 Å². The van der Waals surface area contributed by atoms with Crippen molar-refractivity contribution in [2.75, 3.05) is 13.2 Å². The summed E-state index contributed by atoms with van der Waals surface area (Å²) in [6.45, 7) is 1.43. The Morgan fingerprint density at radius 2 is 1.95 bits per heavy atom. The zero-order chi connectivity index (χ0) is 14.5. The molecule has 0 spiro atoms. The minimum atomic E-state index is -0.587. The minimum Gasteiger partial charge on any atom is -0.342 e. The van der Waals surface area contributed by atoms with Crippen LogP contribution in [0, 0.1) is 5.92 Å². The summed E-state index contributed by atoms with van der Waals surface area (Å²) < 4.78 is 12.7. The normalized spacial score (nSPS) is 28.6. The molecule has 2 fully saturated rings. The van der Waals surface area contributed by atoms with Crippen molar-refractivity contribution in [3.8, 4) is 0 Å². The molecule has 0 radical (unpaired) electrons. The minimum absolute atomic E-state index is 0.0418. The Hall–Kier alpha value is -1.13. The maximum Gasteiger partial charge on any atom is 0.246 e. The SMILES string of the molecule is CCCC1C(=O)NC(C2CCCCC2)C(=O)N1CCF. The molecule has 2 unspecified atom stereocenters. The van der Waals surface area contributed by atoms with Gasteiger partial charge in [-0.25, -0.2) is 4.39 Å². The van der Waals surface area contributed by atoms with Crippen molar-refractivity contribution in [1.29, 1.82) is 0 Å². The molecule has 1 aliphatic carbocycles. The first-order valence-corrected chi connectivity index (χ1v) is 7.85. The molecule has 2 aliphatic rings. The van der Waals surface area contributed by atoms with Gasteiger partial charge in [-0.1, -0.05) is 32.6 Å². The first-order chi connectivity index (χ1) is 9.69. The van der Waals surface area contributed by atoms with Gasteiger partial charge in [-0.05, 0) is 25.2 Å². The monoisotopic (exact) mass is 284 g/mol. The van der Waals surface area contributed by atoms with Gasteiger partial charge in [-0.3, -0.25) is 9.59 Å². The van der Waals surface area contributed by atoms with E-state index in [1.54, 1.807) is 0 Å². The van der Waals surface area contributed by atoms with E-state index < -0.39 is 18.8 Å². The molecule has 2 amide bonds. The molecule has 0 bridgehead atoms. The van der Waals surface area contributed by atoms with Gasteiger partial charge in [0.05, 0.1) is 0 Å². The van der Waals surface area contributed by atoms with Gasteiger partial charge >= 0.3 is 0 Å². The fraction of sp³-hybridized carbons (Fsp3) is 0.867. The molecule has 1 N–H and O–H groups in total. The van der Waals surface area contributed by atoms with Crippen molar-refractivity contribution in [2.24, 2.45) is 5.92 Å². The standard InChI is InChI=1S/C15H25FN2O2/c1-2-6-12-14(19)17-13(11-7-4-3-5-8-11)15(20)18(12)10-9-16/h11-13H,2-10H2,1H3,(H,17,19). The van der Waals surface area contributed by atoms with Crippen molar-refractivity contribution in [2.45, 2.75) is 64.0 Å². The summed E-state index contributed by atoms with van der Waals surface area (Å²) in [5, 5.41) is 2.91. The van der Waals surface area contributed by atoms with E-state index in [4.69, 9.17) is 0 Å². The fourth-order valence-corrected chi connectivity index (χ4v) is 3.49. The number of nitrogens with one attached hydrogen (secondary N) is 1. The number of hydrogen-bond acceptors (Lipinski definition) is 2. The summed E-state index contributed by atoms with van der Waals surface area (Å²) in [6.07, 6.45) is 6.82. The molecule has 2 rings (SSSR count). The van der Waals surface area contributed by atoms with E-state index in [-0.39, 0.29) is 24.3 Å². The Labute approximate surface area is 120 Å². The van der Waals surface area contributed by atoms with Crippen molar-refractivity contribution >= 4 is 11.8 Å². The van der Waals surface area contributed by atoms with E-state index in [1.165, 1.54) is 11.3 Å². The van der Waals surface area contributed by atoms with Crippen LogP contribution in [-0.4, -0.2) is 42.0 Å². The van der Waals surface area contributed by atoms with Crippen molar-refractivity contribution in [3.05, 3.63) is 0 Å². The predicted octanol–water partition coefficient (Wildman–Crippen LogP) is 2.03. The highest BCUT2D eigenvalue weighted by Gasteiger charge is 2.43. The number of rotatable bonds is 5. The maximum absolute atomic E-state index is 12.7. The number of alkyl halides is 1. The van der Waals surface area contributed by atoms with Gasteiger partial charge in [0.25, 0.3) is 0 Å². The van der Waals surface area contributed by atoms with Crippen LogP contribution in [0.1, 0.15) is 51.9 Å². The smallest absolute Gasteiger partial charge is 0.246 e. The van der Waals surface area contributed by atoms with Crippen LogP contribution in [0.3, 0.4) is 0 Å². The molecule has 0 aromatic rings. The van der Waals surface area contributed by atoms with Crippen LogP contribution in [-0.2, 0) is 9.59 Å². The highest BCUT2D eigenvalue weighted by Crippen LogP contribution is 2.29. The third-order valence-electron chi connectivity index (χ3n) is 4.53. The van der Waals surface area contributed by atoms with E-state index in [1.807, 2.05) is 6.92 Å². The first kappa shape index (κ1) is 15.3. The van der Waals surface area contributed by atoms with Gasteiger partial charge in [0.15, 0.2) is 0 Å². The lowest BCUT2D eigenvalue weighted by Crippen LogP contribution is -2.65. The van der Waals surface area contributed by atoms with Crippen LogP contribution in [0.25, 0.3) is 0 Å². The second-order valence-electron chi connectivity index (χ2n) is 5.91. The summed E-state index contributed by atoms with van der Waals surface area (Å²) in [5.74, 6) is 0.0490. The van der Waals surface area contributed by atoms with Crippen molar-refractivity contribution < 1.29 is 14.0 Å².